The van der Waals surface area contributed by atoms with Crippen molar-refractivity contribution in [3.63, 3.8) is 0 Å². The van der Waals surface area contributed by atoms with Crippen molar-refractivity contribution < 1.29 is 4.74 Å². The van der Waals surface area contributed by atoms with Crippen LogP contribution in [0, 0.1) is 20.8 Å². The summed E-state index contributed by atoms with van der Waals surface area (Å²) in [7, 11) is 0. The Balaban J connectivity index is 1.98. The highest BCUT2D eigenvalue weighted by Gasteiger charge is 2.12. The molecular weight excluding hydrogens is 258 g/mol. The fraction of sp³-hybridized carbons (Fsp3) is 0.368. The Morgan fingerprint density at radius 2 is 1.76 bits per heavy atom. The number of nitrogens with two attached hydrogens (primary N) is 1. The van der Waals surface area contributed by atoms with E-state index >= 15 is 0 Å². The maximum atomic E-state index is 5.96. The summed E-state index contributed by atoms with van der Waals surface area (Å²) in [6, 6.07) is 14.8. The van der Waals surface area contributed by atoms with E-state index in [4.69, 9.17) is 10.5 Å². The molecule has 1 unspecified atom stereocenters. The first-order valence-corrected chi connectivity index (χ1v) is 7.57. The van der Waals surface area contributed by atoms with Crippen LogP contribution < -0.4 is 10.5 Å². The molecule has 0 aliphatic heterocycles. The van der Waals surface area contributed by atoms with E-state index in [-0.39, 0.29) is 0 Å². The predicted molar refractivity (Wildman–Crippen MR) is 89.0 cm³/mol. The summed E-state index contributed by atoms with van der Waals surface area (Å²) in [5.41, 5.74) is 11.0. The lowest BCUT2D eigenvalue weighted by Crippen LogP contribution is -2.16. The van der Waals surface area contributed by atoms with Crippen molar-refractivity contribution in [2.75, 3.05) is 13.2 Å². The van der Waals surface area contributed by atoms with Crippen molar-refractivity contribution >= 4 is 0 Å². The van der Waals surface area contributed by atoms with E-state index in [1.807, 2.05) is 0 Å². The first-order valence-electron chi connectivity index (χ1n) is 7.57. The molecule has 2 nitrogen and oxygen atoms in total. The standard InChI is InChI=1S/C19H25NO/c1-14-8-9-16(3)19(12-14)21-11-10-17(13-20)18-7-5-4-6-15(18)2/h4-9,12,17H,10-11,13,20H2,1-3H3. The Labute approximate surface area is 127 Å². The number of aryl methyl sites for hydroxylation is 3. The number of ether oxygens (including phenoxy) is 1. The smallest absolute Gasteiger partial charge is 0.122 e. The third-order valence-corrected chi connectivity index (χ3v) is 3.98. The number of hydrogen-bond acceptors (Lipinski definition) is 2. The molecule has 0 radical (unpaired) electrons. The van der Waals surface area contributed by atoms with Crippen LogP contribution in [-0.2, 0) is 0 Å². The Bertz CT molecular complexity index is 592. The summed E-state index contributed by atoms with van der Waals surface area (Å²) in [6.07, 6.45) is 0.939. The molecule has 112 valence electrons. The minimum Gasteiger partial charge on any atom is -0.493 e. The zero-order valence-electron chi connectivity index (χ0n) is 13.2. The normalized spacial score (nSPS) is 12.2. The van der Waals surface area contributed by atoms with Gasteiger partial charge in [0.15, 0.2) is 0 Å². The van der Waals surface area contributed by atoms with Crippen molar-refractivity contribution in [2.45, 2.75) is 33.1 Å². The minimum atomic E-state index is 0.358. The van der Waals surface area contributed by atoms with Gasteiger partial charge in [-0.25, -0.2) is 0 Å². The van der Waals surface area contributed by atoms with Gasteiger partial charge in [-0.3, -0.25) is 0 Å². The number of rotatable bonds is 6. The summed E-state index contributed by atoms with van der Waals surface area (Å²) < 4.78 is 5.96. The van der Waals surface area contributed by atoms with Crippen LogP contribution in [-0.4, -0.2) is 13.2 Å². The Hall–Kier alpha value is -1.80. The average molecular weight is 283 g/mol. The molecule has 2 N–H and O–H groups in total. The molecule has 21 heavy (non-hydrogen) atoms. The highest BCUT2D eigenvalue weighted by molar-refractivity contribution is 5.36. The minimum absolute atomic E-state index is 0.358. The fourth-order valence-electron chi connectivity index (χ4n) is 2.62. The van der Waals surface area contributed by atoms with Gasteiger partial charge in [-0.1, -0.05) is 36.4 Å². The fourth-order valence-corrected chi connectivity index (χ4v) is 2.62. The van der Waals surface area contributed by atoms with Crippen molar-refractivity contribution in [3.05, 3.63) is 64.7 Å². The molecule has 0 fully saturated rings. The highest BCUT2D eigenvalue weighted by Crippen LogP contribution is 2.24. The van der Waals surface area contributed by atoms with Crippen LogP contribution in [0.25, 0.3) is 0 Å². The molecule has 2 aromatic carbocycles. The summed E-state index contributed by atoms with van der Waals surface area (Å²) >= 11 is 0. The lowest BCUT2D eigenvalue weighted by Gasteiger charge is -2.18. The van der Waals surface area contributed by atoms with Gasteiger partial charge in [0.1, 0.15) is 5.75 Å². The molecular formula is C19H25NO. The van der Waals surface area contributed by atoms with E-state index in [1.165, 1.54) is 22.3 Å². The molecule has 0 saturated carbocycles. The Kier molecular flexibility index (Phi) is 5.40. The molecule has 2 aromatic rings. The predicted octanol–water partition coefficient (Wildman–Crippen LogP) is 4.12. The van der Waals surface area contributed by atoms with Gasteiger partial charge in [-0.05, 0) is 68.0 Å². The molecule has 0 bridgehead atoms. The van der Waals surface area contributed by atoms with Gasteiger partial charge in [-0.15, -0.1) is 0 Å². The zero-order chi connectivity index (χ0) is 15.2. The van der Waals surface area contributed by atoms with Gasteiger partial charge in [0.2, 0.25) is 0 Å². The van der Waals surface area contributed by atoms with Gasteiger partial charge in [-0.2, -0.15) is 0 Å². The quantitative estimate of drug-likeness (QED) is 0.865. The molecule has 0 spiro atoms. The van der Waals surface area contributed by atoms with Crippen LogP contribution in [0.2, 0.25) is 0 Å². The highest BCUT2D eigenvalue weighted by atomic mass is 16.5. The van der Waals surface area contributed by atoms with Crippen LogP contribution in [0.5, 0.6) is 5.75 Å². The molecule has 0 aromatic heterocycles. The lowest BCUT2D eigenvalue weighted by molar-refractivity contribution is 0.296. The lowest BCUT2D eigenvalue weighted by atomic mass is 9.92. The molecule has 2 rings (SSSR count). The second kappa shape index (κ2) is 7.28. The van der Waals surface area contributed by atoms with Crippen LogP contribution >= 0.6 is 0 Å². The molecule has 0 aliphatic rings. The van der Waals surface area contributed by atoms with E-state index in [0.717, 1.165) is 12.2 Å². The van der Waals surface area contributed by atoms with Crippen molar-refractivity contribution in [1.29, 1.82) is 0 Å². The average Bonchev–Trinajstić information content (AvgIpc) is 2.48. The van der Waals surface area contributed by atoms with Crippen LogP contribution in [0.4, 0.5) is 0 Å². The maximum absolute atomic E-state index is 5.96. The van der Waals surface area contributed by atoms with Crippen molar-refractivity contribution in [1.82, 2.24) is 0 Å². The molecule has 1 atom stereocenters. The first kappa shape index (κ1) is 15.6. The second-order valence-corrected chi connectivity index (χ2v) is 5.70. The monoisotopic (exact) mass is 283 g/mol. The van der Waals surface area contributed by atoms with Crippen LogP contribution in [0.3, 0.4) is 0 Å². The molecule has 0 amide bonds. The van der Waals surface area contributed by atoms with Crippen LogP contribution in [0.15, 0.2) is 42.5 Å². The van der Waals surface area contributed by atoms with Crippen molar-refractivity contribution in [3.8, 4) is 5.75 Å². The van der Waals surface area contributed by atoms with E-state index in [9.17, 15) is 0 Å². The summed E-state index contributed by atoms with van der Waals surface area (Å²) in [5, 5.41) is 0. The first-order chi connectivity index (χ1) is 10.1. The Morgan fingerprint density at radius 1 is 1.00 bits per heavy atom. The van der Waals surface area contributed by atoms with E-state index < -0.39 is 0 Å². The van der Waals surface area contributed by atoms with Gasteiger partial charge in [0.05, 0.1) is 6.61 Å². The van der Waals surface area contributed by atoms with Gasteiger partial charge in [0.25, 0.3) is 0 Å². The van der Waals surface area contributed by atoms with E-state index in [0.29, 0.717) is 19.1 Å². The molecule has 0 saturated heterocycles. The van der Waals surface area contributed by atoms with E-state index in [1.54, 1.807) is 0 Å². The van der Waals surface area contributed by atoms with E-state index in [2.05, 4.69) is 63.2 Å². The third-order valence-electron chi connectivity index (χ3n) is 3.98. The summed E-state index contributed by atoms with van der Waals surface area (Å²) in [4.78, 5) is 0. The van der Waals surface area contributed by atoms with Crippen molar-refractivity contribution in [2.24, 2.45) is 5.73 Å². The van der Waals surface area contributed by atoms with Crippen LogP contribution in [0.1, 0.15) is 34.6 Å². The molecule has 0 heterocycles. The summed E-state index contributed by atoms with van der Waals surface area (Å²) in [5.74, 6) is 1.34. The van der Waals surface area contributed by atoms with Gasteiger partial charge < -0.3 is 10.5 Å². The largest absolute Gasteiger partial charge is 0.493 e. The Morgan fingerprint density at radius 3 is 2.48 bits per heavy atom. The number of hydrogen-bond donors (Lipinski definition) is 1. The zero-order valence-corrected chi connectivity index (χ0v) is 13.2. The molecule has 2 heteroatoms. The second-order valence-electron chi connectivity index (χ2n) is 5.70. The summed E-state index contributed by atoms with van der Waals surface area (Å²) in [6.45, 7) is 7.66. The maximum Gasteiger partial charge on any atom is 0.122 e. The topological polar surface area (TPSA) is 35.2 Å². The number of benzene rings is 2. The van der Waals surface area contributed by atoms with Gasteiger partial charge in [0, 0.05) is 0 Å². The molecule has 0 aliphatic carbocycles. The SMILES string of the molecule is Cc1ccc(C)c(OCCC(CN)c2ccccc2C)c1. The van der Waals surface area contributed by atoms with Gasteiger partial charge >= 0.3 is 0 Å². The third kappa shape index (κ3) is 4.08.